The van der Waals surface area contributed by atoms with Crippen molar-refractivity contribution in [3.8, 4) is 0 Å². The molecule has 0 saturated heterocycles. The third-order valence-electron chi connectivity index (χ3n) is 2.42. The number of rotatable bonds is 7. The summed E-state index contributed by atoms with van der Waals surface area (Å²) in [5.41, 5.74) is 0. The number of hydrogen-bond donors (Lipinski definition) is 1. The van der Waals surface area contributed by atoms with Gasteiger partial charge in [0.05, 0.1) is 0 Å². The van der Waals surface area contributed by atoms with Crippen molar-refractivity contribution >= 4 is 0 Å². The lowest BCUT2D eigenvalue weighted by Crippen LogP contribution is -2.33. The molecule has 0 aromatic carbocycles. The first-order valence-electron chi connectivity index (χ1n) is 5.31. The Balaban J connectivity index is 3.52. The summed E-state index contributed by atoms with van der Waals surface area (Å²) < 4.78 is 35.3. The zero-order chi connectivity index (χ0) is 11.0. The van der Waals surface area contributed by atoms with E-state index in [1.54, 1.807) is 5.32 Å². The third-order valence-corrected chi connectivity index (χ3v) is 2.42. The van der Waals surface area contributed by atoms with E-state index in [-0.39, 0.29) is 6.54 Å². The minimum Gasteiger partial charge on any atom is -0.228 e. The van der Waals surface area contributed by atoms with Crippen LogP contribution >= 0.6 is 0 Å². The smallest absolute Gasteiger partial charge is 0.228 e. The SMILES string of the molecule is CCCCC(CC)CCNC(F)(F)F. The molecular formula is C10H20F3N. The molecule has 0 saturated carbocycles. The van der Waals surface area contributed by atoms with E-state index in [1.165, 1.54) is 0 Å². The fourth-order valence-corrected chi connectivity index (χ4v) is 1.46. The Morgan fingerprint density at radius 2 is 1.79 bits per heavy atom. The summed E-state index contributed by atoms with van der Waals surface area (Å²) in [6.07, 6.45) is 0.652. The van der Waals surface area contributed by atoms with Crippen molar-refractivity contribution in [1.29, 1.82) is 0 Å². The maximum atomic E-state index is 11.8. The summed E-state index contributed by atoms with van der Waals surface area (Å²) in [6.45, 7) is 4.18. The zero-order valence-electron chi connectivity index (χ0n) is 8.95. The molecule has 1 unspecified atom stereocenters. The fraction of sp³-hybridized carbons (Fsp3) is 1.00. The number of alkyl halides is 3. The van der Waals surface area contributed by atoms with Crippen molar-refractivity contribution in [3.63, 3.8) is 0 Å². The Kier molecular flexibility index (Phi) is 6.97. The zero-order valence-corrected chi connectivity index (χ0v) is 8.95. The van der Waals surface area contributed by atoms with Crippen LogP contribution < -0.4 is 5.32 Å². The first-order valence-corrected chi connectivity index (χ1v) is 5.31. The minimum atomic E-state index is -4.22. The number of unbranched alkanes of at least 4 members (excludes halogenated alkanes) is 1. The molecule has 0 spiro atoms. The van der Waals surface area contributed by atoms with Gasteiger partial charge in [-0.2, -0.15) is 13.2 Å². The van der Waals surface area contributed by atoms with E-state index < -0.39 is 6.30 Å². The summed E-state index contributed by atoms with van der Waals surface area (Å²) in [5, 5.41) is 1.56. The molecule has 1 N–H and O–H groups in total. The van der Waals surface area contributed by atoms with Gasteiger partial charge in [0.2, 0.25) is 0 Å². The number of hydrogen-bond acceptors (Lipinski definition) is 1. The summed E-state index contributed by atoms with van der Waals surface area (Å²) >= 11 is 0. The van der Waals surface area contributed by atoms with E-state index in [1.807, 2.05) is 6.92 Å². The second-order valence-electron chi connectivity index (χ2n) is 3.63. The van der Waals surface area contributed by atoms with Gasteiger partial charge in [0.1, 0.15) is 0 Å². The Morgan fingerprint density at radius 3 is 2.21 bits per heavy atom. The highest BCUT2D eigenvalue weighted by atomic mass is 19.4. The fourth-order valence-electron chi connectivity index (χ4n) is 1.46. The Labute approximate surface area is 84.1 Å². The highest BCUT2D eigenvalue weighted by molar-refractivity contribution is 4.60. The Bertz CT molecular complexity index is 134. The second kappa shape index (κ2) is 7.10. The molecule has 0 radical (unpaired) electrons. The normalized spacial score (nSPS) is 14.4. The van der Waals surface area contributed by atoms with Crippen molar-refractivity contribution < 1.29 is 13.2 Å². The van der Waals surface area contributed by atoms with Crippen molar-refractivity contribution in [3.05, 3.63) is 0 Å². The molecule has 0 rings (SSSR count). The average molecular weight is 211 g/mol. The van der Waals surface area contributed by atoms with Gasteiger partial charge in [-0.05, 0) is 12.3 Å². The molecule has 1 nitrogen and oxygen atoms in total. The van der Waals surface area contributed by atoms with E-state index in [9.17, 15) is 13.2 Å². The van der Waals surface area contributed by atoms with Gasteiger partial charge in [-0.3, -0.25) is 0 Å². The first-order chi connectivity index (χ1) is 6.49. The molecule has 0 aliphatic heterocycles. The van der Waals surface area contributed by atoms with E-state index in [2.05, 4.69) is 6.92 Å². The summed E-state index contributed by atoms with van der Waals surface area (Å²) in [5.74, 6) is 0.435. The Morgan fingerprint density at radius 1 is 1.14 bits per heavy atom. The monoisotopic (exact) mass is 211 g/mol. The van der Waals surface area contributed by atoms with Gasteiger partial charge in [-0.25, -0.2) is 5.32 Å². The lowest BCUT2D eigenvalue weighted by atomic mass is 9.96. The van der Waals surface area contributed by atoms with Crippen LogP contribution in [-0.2, 0) is 0 Å². The van der Waals surface area contributed by atoms with Gasteiger partial charge < -0.3 is 0 Å². The molecule has 4 heteroatoms. The van der Waals surface area contributed by atoms with Crippen LogP contribution in [0.2, 0.25) is 0 Å². The summed E-state index contributed by atoms with van der Waals surface area (Å²) in [7, 11) is 0. The van der Waals surface area contributed by atoms with Crippen LogP contribution in [0.4, 0.5) is 13.2 Å². The predicted molar refractivity (Wildman–Crippen MR) is 52.0 cm³/mol. The summed E-state index contributed by atoms with van der Waals surface area (Å²) in [4.78, 5) is 0. The summed E-state index contributed by atoms with van der Waals surface area (Å²) in [6, 6.07) is 0. The van der Waals surface area contributed by atoms with Crippen molar-refractivity contribution in [2.45, 2.75) is 52.3 Å². The molecule has 0 aliphatic rings. The van der Waals surface area contributed by atoms with Crippen molar-refractivity contribution in [2.75, 3.05) is 6.54 Å². The van der Waals surface area contributed by atoms with Crippen LogP contribution in [-0.4, -0.2) is 12.8 Å². The van der Waals surface area contributed by atoms with Gasteiger partial charge in [0.25, 0.3) is 0 Å². The first kappa shape index (κ1) is 13.8. The van der Waals surface area contributed by atoms with Gasteiger partial charge in [0, 0.05) is 6.54 Å². The van der Waals surface area contributed by atoms with Crippen LogP contribution in [0, 0.1) is 5.92 Å². The lowest BCUT2D eigenvalue weighted by molar-refractivity contribution is -0.157. The van der Waals surface area contributed by atoms with Crippen LogP contribution in [0.3, 0.4) is 0 Å². The number of halogens is 3. The quantitative estimate of drug-likeness (QED) is 0.633. The van der Waals surface area contributed by atoms with Crippen molar-refractivity contribution in [1.82, 2.24) is 5.32 Å². The molecule has 0 heterocycles. The largest absolute Gasteiger partial charge is 0.457 e. The highest BCUT2D eigenvalue weighted by Crippen LogP contribution is 2.17. The molecule has 0 aromatic rings. The molecule has 0 amide bonds. The van der Waals surface area contributed by atoms with Crippen LogP contribution in [0.25, 0.3) is 0 Å². The average Bonchev–Trinajstić information content (AvgIpc) is 2.09. The van der Waals surface area contributed by atoms with E-state index >= 15 is 0 Å². The van der Waals surface area contributed by atoms with Crippen LogP contribution in [0.15, 0.2) is 0 Å². The third kappa shape index (κ3) is 8.35. The number of nitrogens with one attached hydrogen (secondary N) is 1. The second-order valence-corrected chi connectivity index (χ2v) is 3.63. The van der Waals surface area contributed by atoms with Crippen molar-refractivity contribution in [2.24, 2.45) is 5.92 Å². The topological polar surface area (TPSA) is 12.0 Å². The molecule has 0 bridgehead atoms. The van der Waals surface area contributed by atoms with Crippen LogP contribution in [0.1, 0.15) is 46.0 Å². The molecule has 0 aromatic heterocycles. The molecule has 0 aliphatic carbocycles. The molecule has 86 valence electrons. The maximum Gasteiger partial charge on any atom is 0.457 e. The van der Waals surface area contributed by atoms with Gasteiger partial charge in [-0.15, -0.1) is 0 Å². The minimum absolute atomic E-state index is 0.0473. The van der Waals surface area contributed by atoms with E-state index in [0.717, 1.165) is 25.7 Å². The Hall–Kier alpha value is -0.250. The molecular weight excluding hydrogens is 191 g/mol. The molecule has 0 fully saturated rings. The van der Waals surface area contributed by atoms with E-state index in [4.69, 9.17) is 0 Å². The standard InChI is InChI=1S/C10H20F3N/c1-3-5-6-9(4-2)7-8-14-10(11,12)13/h9,14H,3-8H2,1-2H3. The van der Waals surface area contributed by atoms with Gasteiger partial charge >= 0.3 is 6.30 Å². The highest BCUT2D eigenvalue weighted by Gasteiger charge is 2.25. The van der Waals surface area contributed by atoms with E-state index in [0.29, 0.717) is 12.3 Å². The van der Waals surface area contributed by atoms with Crippen LogP contribution in [0.5, 0.6) is 0 Å². The maximum absolute atomic E-state index is 11.8. The molecule has 1 atom stereocenters. The van der Waals surface area contributed by atoms with Gasteiger partial charge in [0.15, 0.2) is 0 Å². The lowest BCUT2D eigenvalue weighted by Gasteiger charge is -2.15. The molecule has 14 heavy (non-hydrogen) atoms. The predicted octanol–water partition coefficient (Wildman–Crippen LogP) is 3.70. The van der Waals surface area contributed by atoms with Gasteiger partial charge in [-0.1, -0.05) is 39.5 Å².